The second-order valence-corrected chi connectivity index (χ2v) is 5.49. The molecule has 0 aliphatic carbocycles. The highest BCUT2D eigenvalue weighted by molar-refractivity contribution is 5.52. The zero-order valence-electron chi connectivity index (χ0n) is 12.2. The largest absolute Gasteiger partial charge is 0.381 e. The summed E-state index contributed by atoms with van der Waals surface area (Å²) in [6.45, 7) is 6.97. The minimum Gasteiger partial charge on any atom is -0.381 e. The monoisotopic (exact) mass is 263 g/mol. The first-order chi connectivity index (χ1) is 9.18. The first kappa shape index (κ1) is 14.3. The molecule has 4 heteroatoms. The van der Waals surface area contributed by atoms with E-state index < -0.39 is 0 Å². The summed E-state index contributed by atoms with van der Waals surface area (Å²) in [5.74, 6) is 0. The topological polar surface area (TPSA) is 37.4 Å². The minimum atomic E-state index is 0.495. The molecule has 0 spiro atoms. The summed E-state index contributed by atoms with van der Waals surface area (Å²) in [5, 5.41) is 3.48. The molecule has 1 aliphatic heterocycles. The summed E-state index contributed by atoms with van der Waals surface area (Å²) in [6, 6.07) is 3.17. The molecular weight excluding hydrogens is 238 g/mol. The predicted octanol–water partition coefficient (Wildman–Crippen LogP) is 2.19. The van der Waals surface area contributed by atoms with Crippen LogP contribution in [0.3, 0.4) is 0 Å². The molecule has 0 unspecified atom stereocenters. The van der Waals surface area contributed by atoms with Crippen LogP contribution in [0.2, 0.25) is 0 Å². The van der Waals surface area contributed by atoms with Crippen molar-refractivity contribution in [3.63, 3.8) is 0 Å². The molecular formula is C15H25N3O. The average Bonchev–Trinajstić information content (AvgIpc) is 2.45. The van der Waals surface area contributed by atoms with Crippen LogP contribution >= 0.6 is 0 Å². The lowest BCUT2D eigenvalue weighted by Gasteiger charge is -2.34. The lowest BCUT2D eigenvalue weighted by atomic mass is 10.1. The second-order valence-electron chi connectivity index (χ2n) is 5.49. The molecule has 1 aromatic rings. The van der Waals surface area contributed by atoms with Crippen molar-refractivity contribution in [2.24, 2.45) is 0 Å². The molecule has 19 heavy (non-hydrogen) atoms. The number of nitrogens with one attached hydrogen (secondary N) is 1. The van der Waals surface area contributed by atoms with Gasteiger partial charge in [-0.2, -0.15) is 0 Å². The van der Waals surface area contributed by atoms with Gasteiger partial charge in [0.15, 0.2) is 0 Å². The molecule has 1 fully saturated rings. The highest BCUT2D eigenvalue weighted by Crippen LogP contribution is 2.24. The number of pyridine rings is 1. The van der Waals surface area contributed by atoms with Gasteiger partial charge in [-0.3, -0.25) is 4.98 Å². The molecule has 4 nitrogen and oxygen atoms in total. The van der Waals surface area contributed by atoms with Gasteiger partial charge >= 0.3 is 0 Å². The molecule has 0 bridgehead atoms. The van der Waals surface area contributed by atoms with Crippen LogP contribution in [-0.4, -0.2) is 37.3 Å². The van der Waals surface area contributed by atoms with Crippen LogP contribution in [0.5, 0.6) is 0 Å². The van der Waals surface area contributed by atoms with E-state index in [2.05, 4.69) is 42.2 Å². The first-order valence-electron chi connectivity index (χ1n) is 7.15. The van der Waals surface area contributed by atoms with Crippen molar-refractivity contribution in [1.29, 1.82) is 0 Å². The Kier molecular flexibility index (Phi) is 5.16. The van der Waals surface area contributed by atoms with Gasteiger partial charge in [0.2, 0.25) is 0 Å². The summed E-state index contributed by atoms with van der Waals surface area (Å²) in [5.41, 5.74) is 2.56. The van der Waals surface area contributed by atoms with Crippen molar-refractivity contribution in [3.8, 4) is 0 Å². The fourth-order valence-corrected chi connectivity index (χ4v) is 2.47. The van der Waals surface area contributed by atoms with Gasteiger partial charge in [-0.05, 0) is 24.5 Å². The van der Waals surface area contributed by atoms with Crippen molar-refractivity contribution < 1.29 is 4.74 Å². The molecule has 1 aromatic heterocycles. The number of rotatable bonds is 5. The first-order valence-corrected chi connectivity index (χ1v) is 7.15. The fraction of sp³-hybridized carbons (Fsp3) is 0.667. The quantitative estimate of drug-likeness (QED) is 0.883. The molecule has 1 aliphatic rings. The number of hydrogen-bond donors (Lipinski definition) is 1. The summed E-state index contributed by atoms with van der Waals surface area (Å²) < 4.78 is 5.44. The maximum atomic E-state index is 5.44. The zero-order valence-corrected chi connectivity index (χ0v) is 12.2. The molecule has 106 valence electrons. The normalized spacial score (nSPS) is 16.8. The molecule has 1 saturated heterocycles. The van der Waals surface area contributed by atoms with Gasteiger partial charge in [-0.1, -0.05) is 13.8 Å². The van der Waals surface area contributed by atoms with Gasteiger partial charge in [-0.15, -0.1) is 0 Å². The van der Waals surface area contributed by atoms with Crippen molar-refractivity contribution in [2.75, 3.05) is 25.2 Å². The van der Waals surface area contributed by atoms with Crippen LogP contribution in [-0.2, 0) is 11.3 Å². The lowest BCUT2D eigenvalue weighted by molar-refractivity contribution is 0.0854. The maximum absolute atomic E-state index is 5.44. The van der Waals surface area contributed by atoms with Crippen LogP contribution in [0.4, 0.5) is 5.69 Å². The van der Waals surface area contributed by atoms with E-state index in [9.17, 15) is 0 Å². The van der Waals surface area contributed by atoms with Crippen molar-refractivity contribution in [3.05, 3.63) is 24.0 Å². The number of anilines is 1. The summed E-state index contributed by atoms with van der Waals surface area (Å²) >= 11 is 0. The fourth-order valence-electron chi connectivity index (χ4n) is 2.47. The Morgan fingerprint density at radius 1 is 1.42 bits per heavy atom. The second kappa shape index (κ2) is 6.87. The van der Waals surface area contributed by atoms with Gasteiger partial charge < -0.3 is 15.0 Å². The Balaban J connectivity index is 2.08. The predicted molar refractivity (Wildman–Crippen MR) is 78.5 cm³/mol. The van der Waals surface area contributed by atoms with Gasteiger partial charge in [0.05, 0.1) is 11.9 Å². The molecule has 0 saturated carbocycles. The van der Waals surface area contributed by atoms with Crippen LogP contribution < -0.4 is 10.2 Å². The van der Waals surface area contributed by atoms with Gasteiger partial charge in [0.25, 0.3) is 0 Å². The van der Waals surface area contributed by atoms with E-state index in [4.69, 9.17) is 4.74 Å². The highest BCUT2D eigenvalue weighted by atomic mass is 16.5. The molecule has 0 aromatic carbocycles. The number of aromatic nitrogens is 1. The third-order valence-corrected chi connectivity index (χ3v) is 3.71. The molecule has 0 atom stereocenters. The van der Waals surface area contributed by atoms with Crippen LogP contribution in [0.15, 0.2) is 18.5 Å². The van der Waals surface area contributed by atoms with Crippen LogP contribution in [0.1, 0.15) is 32.3 Å². The Bertz CT molecular complexity index is 389. The van der Waals surface area contributed by atoms with E-state index in [1.54, 1.807) is 0 Å². The lowest BCUT2D eigenvalue weighted by Crippen LogP contribution is -2.37. The van der Waals surface area contributed by atoms with Crippen molar-refractivity contribution in [1.82, 2.24) is 10.3 Å². The number of hydrogen-bond acceptors (Lipinski definition) is 4. The van der Waals surface area contributed by atoms with E-state index in [-0.39, 0.29) is 0 Å². The summed E-state index contributed by atoms with van der Waals surface area (Å²) in [6.07, 6.45) is 6.05. The van der Waals surface area contributed by atoms with Crippen LogP contribution in [0, 0.1) is 0 Å². The summed E-state index contributed by atoms with van der Waals surface area (Å²) in [7, 11) is 2.17. The van der Waals surface area contributed by atoms with E-state index in [0.717, 1.165) is 32.6 Å². The number of nitrogens with zero attached hydrogens (tertiary/aromatic N) is 2. The van der Waals surface area contributed by atoms with E-state index in [1.807, 2.05) is 12.4 Å². The molecule has 2 rings (SSSR count). The highest BCUT2D eigenvalue weighted by Gasteiger charge is 2.20. The van der Waals surface area contributed by atoms with E-state index in [1.165, 1.54) is 11.3 Å². The molecule has 0 amide bonds. The third-order valence-electron chi connectivity index (χ3n) is 3.71. The minimum absolute atomic E-state index is 0.495. The van der Waals surface area contributed by atoms with E-state index >= 15 is 0 Å². The molecule has 2 heterocycles. The SMILES string of the molecule is CC(C)NCc1ccncc1N(C)C1CCOCC1. The smallest absolute Gasteiger partial charge is 0.0598 e. The van der Waals surface area contributed by atoms with Gasteiger partial charge in [0.1, 0.15) is 0 Å². The third kappa shape index (κ3) is 3.91. The molecule has 1 N–H and O–H groups in total. The van der Waals surface area contributed by atoms with Gasteiger partial charge in [0, 0.05) is 45.1 Å². The van der Waals surface area contributed by atoms with Gasteiger partial charge in [-0.25, -0.2) is 0 Å². The van der Waals surface area contributed by atoms with E-state index in [0.29, 0.717) is 12.1 Å². The zero-order chi connectivity index (χ0) is 13.7. The maximum Gasteiger partial charge on any atom is 0.0598 e. The molecule has 0 radical (unpaired) electrons. The Morgan fingerprint density at radius 2 is 2.16 bits per heavy atom. The average molecular weight is 263 g/mol. The Labute approximate surface area is 116 Å². The van der Waals surface area contributed by atoms with Crippen LogP contribution in [0.25, 0.3) is 0 Å². The van der Waals surface area contributed by atoms with Crippen molar-refractivity contribution >= 4 is 5.69 Å². The number of ether oxygens (including phenoxy) is 1. The summed E-state index contributed by atoms with van der Waals surface area (Å²) in [4.78, 5) is 6.66. The standard InChI is InChI=1S/C15H25N3O/c1-12(2)17-10-13-4-7-16-11-15(13)18(3)14-5-8-19-9-6-14/h4,7,11-12,14,17H,5-6,8-10H2,1-3H3. The Hall–Kier alpha value is -1.13. The Morgan fingerprint density at radius 3 is 2.84 bits per heavy atom. The van der Waals surface area contributed by atoms with Crippen molar-refractivity contribution in [2.45, 2.75) is 45.3 Å².